The number of para-hydroxylation sites is 1. The minimum Gasteiger partial charge on any atom is -0.496 e. The van der Waals surface area contributed by atoms with E-state index in [4.69, 9.17) is 9.26 Å². The number of aromatic nitrogens is 1. The van der Waals surface area contributed by atoms with Crippen molar-refractivity contribution in [1.29, 1.82) is 0 Å². The van der Waals surface area contributed by atoms with Crippen molar-refractivity contribution in [3.63, 3.8) is 0 Å². The van der Waals surface area contributed by atoms with Gasteiger partial charge in [-0.1, -0.05) is 29.4 Å². The SMILES string of the molecule is COc1ccccc1CN(Cc1cccs1)Cc1c(C)noc1C. The number of methoxy groups -OCH3 is 1. The van der Waals surface area contributed by atoms with E-state index in [-0.39, 0.29) is 0 Å². The zero-order valence-electron chi connectivity index (χ0n) is 14.3. The summed E-state index contributed by atoms with van der Waals surface area (Å²) in [6.07, 6.45) is 0. The lowest BCUT2D eigenvalue weighted by Gasteiger charge is -2.23. The van der Waals surface area contributed by atoms with Crippen LogP contribution in [0.4, 0.5) is 0 Å². The Morgan fingerprint density at radius 1 is 1.08 bits per heavy atom. The van der Waals surface area contributed by atoms with Gasteiger partial charge in [0.25, 0.3) is 0 Å². The van der Waals surface area contributed by atoms with Crippen molar-refractivity contribution >= 4 is 11.3 Å². The van der Waals surface area contributed by atoms with E-state index in [1.54, 1.807) is 18.4 Å². The number of aryl methyl sites for hydroxylation is 2. The van der Waals surface area contributed by atoms with Gasteiger partial charge in [0, 0.05) is 35.6 Å². The summed E-state index contributed by atoms with van der Waals surface area (Å²) in [6, 6.07) is 12.4. The lowest BCUT2D eigenvalue weighted by Crippen LogP contribution is -2.22. The molecule has 0 saturated carbocycles. The van der Waals surface area contributed by atoms with Crippen molar-refractivity contribution in [3.05, 3.63) is 69.2 Å². The fourth-order valence-electron chi connectivity index (χ4n) is 2.82. The molecule has 0 N–H and O–H groups in total. The summed E-state index contributed by atoms with van der Waals surface area (Å²) >= 11 is 1.78. The molecule has 4 nitrogen and oxygen atoms in total. The largest absolute Gasteiger partial charge is 0.496 e. The van der Waals surface area contributed by atoms with Crippen molar-refractivity contribution in [2.45, 2.75) is 33.5 Å². The lowest BCUT2D eigenvalue weighted by atomic mass is 10.1. The average Bonchev–Trinajstić information content (AvgIpc) is 3.20. The topological polar surface area (TPSA) is 38.5 Å². The zero-order valence-corrected chi connectivity index (χ0v) is 15.1. The van der Waals surface area contributed by atoms with Gasteiger partial charge in [0.1, 0.15) is 11.5 Å². The molecule has 0 bridgehead atoms. The summed E-state index contributed by atoms with van der Waals surface area (Å²) < 4.78 is 10.8. The van der Waals surface area contributed by atoms with Crippen molar-refractivity contribution in [2.24, 2.45) is 0 Å². The normalized spacial score (nSPS) is 11.2. The lowest BCUT2D eigenvalue weighted by molar-refractivity contribution is 0.243. The average molecular weight is 342 g/mol. The van der Waals surface area contributed by atoms with Gasteiger partial charge in [0.05, 0.1) is 12.8 Å². The molecule has 1 aromatic carbocycles. The van der Waals surface area contributed by atoms with Crippen molar-refractivity contribution in [1.82, 2.24) is 10.1 Å². The second-order valence-corrected chi connectivity index (χ2v) is 6.87. The van der Waals surface area contributed by atoms with Gasteiger partial charge < -0.3 is 9.26 Å². The molecule has 0 aliphatic heterocycles. The molecule has 0 fully saturated rings. The quantitative estimate of drug-likeness (QED) is 0.631. The first-order chi connectivity index (χ1) is 11.7. The van der Waals surface area contributed by atoms with Crippen LogP contribution in [-0.4, -0.2) is 17.2 Å². The second kappa shape index (κ2) is 7.64. The number of rotatable bonds is 7. The van der Waals surface area contributed by atoms with E-state index in [0.29, 0.717) is 0 Å². The summed E-state index contributed by atoms with van der Waals surface area (Å²) in [6.45, 7) is 6.48. The highest BCUT2D eigenvalue weighted by Crippen LogP contribution is 2.24. The molecule has 0 aliphatic rings. The smallest absolute Gasteiger partial charge is 0.138 e. The minimum absolute atomic E-state index is 0.803. The highest BCUT2D eigenvalue weighted by atomic mass is 32.1. The highest BCUT2D eigenvalue weighted by molar-refractivity contribution is 7.09. The van der Waals surface area contributed by atoms with Crippen LogP contribution in [0.25, 0.3) is 0 Å². The molecular formula is C19H22N2O2S. The predicted molar refractivity (Wildman–Crippen MR) is 96.2 cm³/mol. The van der Waals surface area contributed by atoms with Gasteiger partial charge in [-0.2, -0.15) is 0 Å². The van der Waals surface area contributed by atoms with E-state index in [2.05, 4.69) is 39.7 Å². The van der Waals surface area contributed by atoms with E-state index in [9.17, 15) is 0 Å². The maximum Gasteiger partial charge on any atom is 0.138 e. The van der Waals surface area contributed by atoms with Gasteiger partial charge in [-0.15, -0.1) is 11.3 Å². The van der Waals surface area contributed by atoms with E-state index in [1.165, 1.54) is 16.0 Å². The van der Waals surface area contributed by atoms with Crippen LogP contribution >= 0.6 is 11.3 Å². The number of ether oxygens (including phenoxy) is 1. The molecule has 2 aromatic heterocycles. The highest BCUT2D eigenvalue weighted by Gasteiger charge is 2.16. The molecule has 0 saturated heterocycles. The van der Waals surface area contributed by atoms with Crippen LogP contribution in [0.1, 0.15) is 27.5 Å². The Balaban J connectivity index is 1.84. The van der Waals surface area contributed by atoms with Gasteiger partial charge in [-0.3, -0.25) is 4.90 Å². The Bertz CT molecular complexity index is 761. The fourth-order valence-corrected chi connectivity index (χ4v) is 3.56. The van der Waals surface area contributed by atoms with Crippen LogP contribution in [0, 0.1) is 13.8 Å². The summed E-state index contributed by atoms with van der Waals surface area (Å²) in [7, 11) is 1.72. The maximum absolute atomic E-state index is 5.51. The number of hydrogen-bond donors (Lipinski definition) is 0. The van der Waals surface area contributed by atoms with Crippen LogP contribution in [0.5, 0.6) is 5.75 Å². The molecule has 0 aliphatic carbocycles. The fraction of sp³-hybridized carbons (Fsp3) is 0.316. The molecule has 126 valence electrons. The van der Waals surface area contributed by atoms with Crippen molar-refractivity contribution in [2.75, 3.05) is 7.11 Å². The molecule has 0 spiro atoms. The standard InChI is InChI=1S/C19H22N2O2S/c1-14-18(15(2)23-20-14)13-21(12-17-8-6-10-24-17)11-16-7-4-5-9-19(16)22-3/h4-10H,11-13H2,1-3H3. The third kappa shape index (κ3) is 3.86. The number of benzene rings is 1. The van der Waals surface area contributed by atoms with Crippen LogP contribution in [0.2, 0.25) is 0 Å². The van der Waals surface area contributed by atoms with E-state index >= 15 is 0 Å². The molecule has 3 aromatic rings. The summed E-state index contributed by atoms with van der Waals surface area (Å²) in [5.41, 5.74) is 3.31. The molecule has 24 heavy (non-hydrogen) atoms. The number of hydrogen-bond acceptors (Lipinski definition) is 5. The summed E-state index contributed by atoms with van der Waals surface area (Å²) in [4.78, 5) is 3.74. The first-order valence-electron chi connectivity index (χ1n) is 7.95. The van der Waals surface area contributed by atoms with Crippen molar-refractivity contribution in [3.8, 4) is 5.75 Å². The zero-order chi connectivity index (χ0) is 16.9. The Morgan fingerprint density at radius 2 is 1.92 bits per heavy atom. The Hall–Kier alpha value is -2.11. The first kappa shape index (κ1) is 16.7. The minimum atomic E-state index is 0.803. The van der Waals surface area contributed by atoms with Gasteiger partial charge in [0.15, 0.2) is 0 Å². The Labute approximate surface area is 146 Å². The third-order valence-electron chi connectivity index (χ3n) is 4.11. The monoisotopic (exact) mass is 342 g/mol. The number of thiophene rings is 1. The molecule has 0 atom stereocenters. The molecule has 0 unspecified atom stereocenters. The maximum atomic E-state index is 5.51. The van der Waals surface area contributed by atoms with Gasteiger partial charge in [-0.25, -0.2) is 0 Å². The summed E-state index contributed by atoms with van der Waals surface area (Å²) in [5, 5.41) is 6.20. The van der Waals surface area contributed by atoms with Gasteiger partial charge in [-0.05, 0) is 31.4 Å². The van der Waals surface area contributed by atoms with Gasteiger partial charge >= 0.3 is 0 Å². The molecule has 3 rings (SSSR count). The second-order valence-electron chi connectivity index (χ2n) is 5.84. The van der Waals surface area contributed by atoms with Gasteiger partial charge in [0.2, 0.25) is 0 Å². The van der Waals surface area contributed by atoms with Crippen LogP contribution < -0.4 is 4.74 Å². The molecule has 2 heterocycles. The molecule has 0 amide bonds. The summed E-state index contributed by atoms with van der Waals surface area (Å²) in [5.74, 6) is 1.82. The van der Waals surface area contributed by atoms with Crippen molar-refractivity contribution < 1.29 is 9.26 Å². The Kier molecular flexibility index (Phi) is 5.33. The molecular weight excluding hydrogens is 320 g/mol. The molecule has 5 heteroatoms. The first-order valence-corrected chi connectivity index (χ1v) is 8.83. The van der Waals surface area contributed by atoms with E-state index in [1.807, 2.05) is 26.0 Å². The third-order valence-corrected chi connectivity index (χ3v) is 4.97. The number of nitrogens with zero attached hydrogens (tertiary/aromatic N) is 2. The van der Waals surface area contributed by atoms with E-state index < -0.39 is 0 Å². The van der Waals surface area contributed by atoms with Crippen LogP contribution in [-0.2, 0) is 19.6 Å². The predicted octanol–water partition coefficient (Wildman–Crippen LogP) is 4.56. The Morgan fingerprint density at radius 3 is 2.58 bits per heavy atom. The molecule has 0 radical (unpaired) electrons. The van der Waals surface area contributed by atoms with Crippen LogP contribution in [0.3, 0.4) is 0 Å². The van der Waals surface area contributed by atoms with E-state index in [0.717, 1.165) is 36.8 Å². The van der Waals surface area contributed by atoms with Crippen LogP contribution in [0.15, 0.2) is 46.3 Å².